The molecule has 1 atom stereocenters. The van der Waals surface area contributed by atoms with Crippen LogP contribution in [-0.2, 0) is 4.79 Å². The largest absolute Gasteiger partial charge is 0.396 e. The summed E-state index contributed by atoms with van der Waals surface area (Å²) in [4.78, 5) is 12.8. The van der Waals surface area contributed by atoms with Gasteiger partial charge in [0.25, 0.3) is 0 Å². The molecule has 2 N–H and O–H groups in total. The Bertz CT molecular complexity index is 309. The minimum absolute atomic E-state index is 0.0150. The first kappa shape index (κ1) is 13.2. The van der Waals surface area contributed by atoms with Crippen molar-refractivity contribution in [3.05, 3.63) is 22.4 Å². The maximum atomic E-state index is 11.6. The van der Waals surface area contributed by atoms with Crippen LogP contribution in [-0.4, -0.2) is 17.6 Å². The van der Waals surface area contributed by atoms with Crippen LogP contribution in [0.4, 0.5) is 0 Å². The fraction of sp³-hybridized carbons (Fsp3) is 0.583. The zero-order valence-electron chi connectivity index (χ0n) is 9.77. The molecule has 1 unspecified atom stereocenters. The normalized spacial score (nSPS) is 12.8. The molecule has 0 spiro atoms. The zero-order chi connectivity index (χ0) is 12.0. The molecule has 0 aliphatic rings. The third-order valence-corrected chi connectivity index (χ3v) is 3.35. The molecule has 0 aromatic carbocycles. The second-order valence-corrected chi connectivity index (χ2v) is 5.11. The number of carbonyl (C=O) groups is 1. The maximum absolute atomic E-state index is 11.6. The van der Waals surface area contributed by atoms with E-state index >= 15 is 0 Å². The van der Waals surface area contributed by atoms with Gasteiger partial charge in [0.05, 0.1) is 6.04 Å². The zero-order valence-corrected chi connectivity index (χ0v) is 10.6. The lowest BCUT2D eigenvalue weighted by molar-refractivity contribution is -0.122. The van der Waals surface area contributed by atoms with Crippen molar-refractivity contribution in [2.45, 2.75) is 32.7 Å². The van der Waals surface area contributed by atoms with E-state index in [0.717, 1.165) is 0 Å². The highest BCUT2D eigenvalue weighted by Crippen LogP contribution is 2.25. The summed E-state index contributed by atoms with van der Waals surface area (Å²) in [5.41, 5.74) is 0. The van der Waals surface area contributed by atoms with E-state index in [4.69, 9.17) is 5.11 Å². The third kappa shape index (κ3) is 3.94. The predicted octanol–water partition coefficient (Wildman–Crippen LogP) is 2.33. The molecule has 4 heteroatoms. The van der Waals surface area contributed by atoms with Gasteiger partial charge >= 0.3 is 0 Å². The maximum Gasteiger partial charge on any atom is 0.220 e. The van der Waals surface area contributed by atoms with Crippen molar-refractivity contribution < 1.29 is 9.90 Å². The number of hydrogen-bond acceptors (Lipinski definition) is 3. The van der Waals surface area contributed by atoms with Gasteiger partial charge in [0.2, 0.25) is 5.91 Å². The molecule has 1 aromatic rings. The van der Waals surface area contributed by atoms with Crippen LogP contribution in [0.1, 0.15) is 37.6 Å². The molecule has 90 valence electrons. The lowest BCUT2D eigenvalue weighted by atomic mass is 10.0. The lowest BCUT2D eigenvalue weighted by Gasteiger charge is -2.21. The van der Waals surface area contributed by atoms with E-state index in [-0.39, 0.29) is 18.6 Å². The van der Waals surface area contributed by atoms with Crippen LogP contribution in [0.15, 0.2) is 17.5 Å². The third-order valence-electron chi connectivity index (χ3n) is 2.39. The number of hydrogen-bond donors (Lipinski definition) is 2. The van der Waals surface area contributed by atoms with E-state index < -0.39 is 0 Å². The monoisotopic (exact) mass is 241 g/mol. The van der Waals surface area contributed by atoms with E-state index in [0.29, 0.717) is 18.8 Å². The molecule has 0 aliphatic carbocycles. The molecule has 1 aromatic heterocycles. The number of amides is 1. The molecule has 0 aliphatic heterocycles. The molecular formula is C12H19NO2S. The van der Waals surface area contributed by atoms with Crippen molar-refractivity contribution in [3.8, 4) is 0 Å². The Kier molecular flexibility index (Phi) is 5.49. The molecular weight excluding hydrogens is 222 g/mol. The highest BCUT2D eigenvalue weighted by molar-refractivity contribution is 7.10. The second-order valence-electron chi connectivity index (χ2n) is 4.13. The highest BCUT2D eigenvalue weighted by atomic mass is 32.1. The molecule has 3 nitrogen and oxygen atoms in total. The van der Waals surface area contributed by atoms with Crippen LogP contribution >= 0.6 is 11.3 Å². The average molecular weight is 241 g/mol. The Hall–Kier alpha value is -0.870. The first-order valence-corrected chi connectivity index (χ1v) is 6.46. The first-order chi connectivity index (χ1) is 7.65. The molecule has 0 fully saturated rings. The molecule has 0 radical (unpaired) electrons. The van der Waals surface area contributed by atoms with Crippen LogP contribution in [0.5, 0.6) is 0 Å². The molecule has 1 rings (SSSR count). The summed E-state index contributed by atoms with van der Waals surface area (Å²) in [6.07, 6.45) is 0.923. The summed E-state index contributed by atoms with van der Waals surface area (Å²) in [6, 6.07) is 4.13. The van der Waals surface area contributed by atoms with E-state index in [9.17, 15) is 4.79 Å². The van der Waals surface area contributed by atoms with Crippen molar-refractivity contribution in [3.63, 3.8) is 0 Å². The number of aliphatic hydroxyl groups is 1. The van der Waals surface area contributed by atoms with Gasteiger partial charge in [-0.05, 0) is 23.8 Å². The van der Waals surface area contributed by atoms with Gasteiger partial charge in [0, 0.05) is 17.9 Å². The molecule has 0 saturated carbocycles. The summed E-state index contributed by atoms with van der Waals surface area (Å²) in [7, 11) is 0. The molecule has 0 saturated heterocycles. The van der Waals surface area contributed by atoms with E-state index in [1.54, 1.807) is 11.3 Å². The smallest absolute Gasteiger partial charge is 0.220 e. The standard InChI is InChI=1S/C12H19NO2S/c1-9(2)12(10-5-4-8-16-10)13-11(15)6-3-7-14/h4-5,8-9,12,14H,3,6-7H2,1-2H3,(H,13,15). The Labute approximate surface area is 100 Å². The van der Waals surface area contributed by atoms with Gasteiger partial charge in [0.1, 0.15) is 0 Å². The quantitative estimate of drug-likeness (QED) is 0.803. The number of carbonyl (C=O) groups excluding carboxylic acids is 1. The first-order valence-electron chi connectivity index (χ1n) is 5.58. The van der Waals surface area contributed by atoms with Gasteiger partial charge in [-0.3, -0.25) is 4.79 Å². The Morgan fingerprint density at radius 2 is 2.31 bits per heavy atom. The van der Waals surface area contributed by atoms with Crippen LogP contribution in [0.3, 0.4) is 0 Å². The van der Waals surface area contributed by atoms with Crippen molar-refractivity contribution in [2.24, 2.45) is 5.92 Å². The fourth-order valence-electron chi connectivity index (χ4n) is 1.52. The number of rotatable bonds is 6. The van der Waals surface area contributed by atoms with E-state index in [1.807, 2.05) is 17.5 Å². The van der Waals surface area contributed by atoms with Gasteiger partial charge in [-0.15, -0.1) is 11.3 Å². The van der Waals surface area contributed by atoms with Crippen LogP contribution in [0.2, 0.25) is 0 Å². The summed E-state index contributed by atoms with van der Waals surface area (Å²) in [5, 5.41) is 13.7. The van der Waals surface area contributed by atoms with Crippen LogP contribution < -0.4 is 5.32 Å². The minimum atomic E-state index is 0.0150. The van der Waals surface area contributed by atoms with Crippen molar-refractivity contribution >= 4 is 17.2 Å². The second kappa shape index (κ2) is 6.66. The lowest BCUT2D eigenvalue weighted by Crippen LogP contribution is -2.31. The fourth-order valence-corrected chi connectivity index (χ4v) is 2.47. The van der Waals surface area contributed by atoms with Gasteiger partial charge in [-0.2, -0.15) is 0 Å². The number of aliphatic hydroxyl groups excluding tert-OH is 1. The summed E-state index contributed by atoms with van der Waals surface area (Å²) >= 11 is 1.66. The minimum Gasteiger partial charge on any atom is -0.396 e. The number of nitrogens with one attached hydrogen (secondary N) is 1. The van der Waals surface area contributed by atoms with Gasteiger partial charge in [-0.1, -0.05) is 19.9 Å². The molecule has 16 heavy (non-hydrogen) atoms. The molecule has 0 bridgehead atoms. The van der Waals surface area contributed by atoms with Crippen LogP contribution in [0, 0.1) is 5.92 Å². The Morgan fingerprint density at radius 3 is 2.81 bits per heavy atom. The van der Waals surface area contributed by atoms with E-state index in [2.05, 4.69) is 19.2 Å². The van der Waals surface area contributed by atoms with Crippen molar-refractivity contribution in [1.82, 2.24) is 5.32 Å². The number of thiophene rings is 1. The SMILES string of the molecule is CC(C)C(NC(=O)CCCO)c1cccs1. The topological polar surface area (TPSA) is 49.3 Å². The average Bonchev–Trinajstić information content (AvgIpc) is 2.75. The summed E-state index contributed by atoms with van der Waals surface area (Å²) < 4.78 is 0. The van der Waals surface area contributed by atoms with Gasteiger partial charge in [0.15, 0.2) is 0 Å². The van der Waals surface area contributed by atoms with Gasteiger partial charge < -0.3 is 10.4 Å². The van der Waals surface area contributed by atoms with Crippen LogP contribution in [0.25, 0.3) is 0 Å². The van der Waals surface area contributed by atoms with E-state index in [1.165, 1.54) is 4.88 Å². The summed E-state index contributed by atoms with van der Waals surface area (Å²) in [5.74, 6) is 0.387. The highest BCUT2D eigenvalue weighted by Gasteiger charge is 2.18. The van der Waals surface area contributed by atoms with Crippen molar-refractivity contribution in [1.29, 1.82) is 0 Å². The Balaban J connectivity index is 2.56. The molecule has 1 heterocycles. The molecule has 1 amide bonds. The summed E-state index contributed by atoms with van der Waals surface area (Å²) in [6.45, 7) is 4.26. The Morgan fingerprint density at radius 1 is 1.56 bits per heavy atom. The predicted molar refractivity (Wildman–Crippen MR) is 66.4 cm³/mol. The van der Waals surface area contributed by atoms with Crippen molar-refractivity contribution in [2.75, 3.05) is 6.61 Å². The van der Waals surface area contributed by atoms with Gasteiger partial charge in [-0.25, -0.2) is 0 Å².